The third-order valence-electron chi connectivity index (χ3n) is 2.27. The minimum Gasteiger partial charge on any atom is -0.461 e. The van der Waals surface area contributed by atoms with Gasteiger partial charge in [-0.2, -0.15) is 0 Å². The second-order valence-corrected chi connectivity index (χ2v) is 4.32. The zero-order valence-electron chi connectivity index (χ0n) is 10.2. The minimum atomic E-state index is -0.247. The summed E-state index contributed by atoms with van der Waals surface area (Å²) >= 11 is 5.82. The molecule has 92 valence electrons. The zero-order chi connectivity index (χ0) is 12.7. The Kier molecular flexibility index (Phi) is 5.78. The van der Waals surface area contributed by atoms with Gasteiger partial charge in [-0.15, -0.1) is 0 Å². The predicted molar refractivity (Wildman–Crippen MR) is 71.0 cm³/mol. The topological polar surface area (TPSA) is 26.3 Å². The molecule has 0 fully saturated rings. The summed E-state index contributed by atoms with van der Waals surface area (Å²) in [5.41, 5.74) is 2.19. The van der Waals surface area contributed by atoms with Gasteiger partial charge in [0.25, 0.3) is 0 Å². The summed E-state index contributed by atoms with van der Waals surface area (Å²) in [6.07, 6.45) is 4.00. The molecular formula is C14H17ClO2. The molecule has 0 aliphatic carbocycles. The van der Waals surface area contributed by atoms with E-state index < -0.39 is 0 Å². The van der Waals surface area contributed by atoms with Crippen molar-refractivity contribution in [1.29, 1.82) is 0 Å². The fraction of sp³-hybridized carbons (Fsp3) is 0.357. The Balaban J connectivity index is 2.74. The van der Waals surface area contributed by atoms with Crippen LogP contribution in [0.15, 0.2) is 29.8 Å². The highest BCUT2D eigenvalue weighted by Gasteiger charge is 2.00. The first-order chi connectivity index (χ1) is 8.11. The first kappa shape index (κ1) is 13.8. The van der Waals surface area contributed by atoms with Crippen LogP contribution in [0.4, 0.5) is 0 Å². The molecule has 1 rings (SSSR count). The Hall–Kier alpha value is -1.28. The van der Waals surface area contributed by atoms with E-state index in [1.807, 2.05) is 30.3 Å². The predicted octanol–water partition coefficient (Wildman–Crippen LogP) is 4.09. The van der Waals surface area contributed by atoms with E-state index in [-0.39, 0.29) is 5.97 Å². The van der Waals surface area contributed by atoms with Gasteiger partial charge in [0.1, 0.15) is 6.61 Å². The van der Waals surface area contributed by atoms with Crippen LogP contribution in [0.2, 0.25) is 5.02 Å². The Morgan fingerprint density at radius 1 is 1.35 bits per heavy atom. The van der Waals surface area contributed by atoms with Crippen LogP contribution in [0.3, 0.4) is 0 Å². The molecule has 2 nitrogen and oxygen atoms in total. The summed E-state index contributed by atoms with van der Waals surface area (Å²) in [5.74, 6) is -0.247. The lowest BCUT2D eigenvalue weighted by molar-refractivity contribution is -0.140. The number of carbonyl (C=O) groups excluding carboxylic acids is 1. The molecule has 0 atom stereocenters. The van der Waals surface area contributed by atoms with E-state index in [0.717, 1.165) is 29.0 Å². The normalized spacial score (nSPS) is 11.4. The maximum Gasteiger partial charge on any atom is 0.302 e. The van der Waals surface area contributed by atoms with Crippen molar-refractivity contribution in [3.8, 4) is 0 Å². The van der Waals surface area contributed by atoms with E-state index in [0.29, 0.717) is 6.61 Å². The van der Waals surface area contributed by atoms with Crippen molar-refractivity contribution in [3.63, 3.8) is 0 Å². The Morgan fingerprint density at radius 2 is 2.00 bits per heavy atom. The molecule has 0 N–H and O–H groups in total. The highest BCUT2D eigenvalue weighted by molar-refractivity contribution is 6.30. The second-order valence-electron chi connectivity index (χ2n) is 3.88. The first-order valence-corrected chi connectivity index (χ1v) is 6.08. The third-order valence-corrected chi connectivity index (χ3v) is 2.52. The molecule has 3 heteroatoms. The molecule has 0 aromatic heterocycles. The highest BCUT2D eigenvalue weighted by atomic mass is 35.5. The van der Waals surface area contributed by atoms with Gasteiger partial charge in [0.2, 0.25) is 0 Å². The lowest BCUT2D eigenvalue weighted by Gasteiger charge is -2.06. The summed E-state index contributed by atoms with van der Waals surface area (Å²) in [7, 11) is 0. The Bertz CT molecular complexity index is 393. The van der Waals surface area contributed by atoms with Gasteiger partial charge in [-0.1, -0.05) is 43.2 Å². The average molecular weight is 253 g/mol. The standard InChI is InChI=1S/C14H17ClO2/c1-3-4-13(10-17-11(2)16)9-12-5-7-14(15)8-6-12/h5-9H,3-4,10H2,1-2H3/b13-9+. The van der Waals surface area contributed by atoms with Gasteiger partial charge < -0.3 is 4.74 Å². The van der Waals surface area contributed by atoms with E-state index in [9.17, 15) is 4.79 Å². The summed E-state index contributed by atoms with van der Waals surface area (Å²) in [6, 6.07) is 7.60. The molecule has 1 aromatic rings. The number of rotatable bonds is 5. The van der Waals surface area contributed by atoms with Crippen molar-refractivity contribution in [2.45, 2.75) is 26.7 Å². The van der Waals surface area contributed by atoms with Crippen LogP contribution < -0.4 is 0 Å². The largest absolute Gasteiger partial charge is 0.461 e. The Morgan fingerprint density at radius 3 is 2.53 bits per heavy atom. The van der Waals surface area contributed by atoms with Crippen LogP contribution in [0.1, 0.15) is 32.3 Å². The van der Waals surface area contributed by atoms with Crippen molar-refractivity contribution in [1.82, 2.24) is 0 Å². The maximum atomic E-state index is 10.8. The molecule has 1 aromatic carbocycles. The van der Waals surface area contributed by atoms with Crippen LogP contribution in [0.5, 0.6) is 0 Å². The van der Waals surface area contributed by atoms with E-state index in [1.165, 1.54) is 6.92 Å². The third kappa shape index (κ3) is 5.55. The summed E-state index contributed by atoms with van der Waals surface area (Å²) in [6.45, 7) is 3.89. The molecule has 0 unspecified atom stereocenters. The van der Waals surface area contributed by atoms with Crippen molar-refractivity contribution in [2.75, 3.05) is 6.61 Å². The number of hydrogen-bond donors (Lipinski definition) is 0. The number of ether oxygens (including phenoxy) is 1. The van der Waals surface area contributed by atoms with Crippen molar-refractivity contribution in [2.24, 2.45) is 0 Å². The molecule has 0 aliphatic heterocycles. The molecule has 0 heterocycles. The summed E-state index contributed by atoms with van der Waals surface area (Å²) < 4.78 is 5.02. The number of carbonyl (C=O) groups is 1. The molecule has 0 saturated carbocycles. The number of benzene rings is 1. The van der Waals surface area contributed by atoms with Crippen molar-refractivity contribution < 1.29 is 9.53 Å². The van der Waals surface area contributed by atoms with Crippen LogP contribution in [-0.4, -0.2) is 12.6 Å². The van der Waals surface area contributed by atoms with Gasteiger partial charge in [0, 0.05) is 11.9 Å². The van der Waals surface area contributed by atoms with Gasteiger partial charge in [-0.25, -0.2) is 0 Å². The molecule has 0 amide bonds. The summed E-state index contributed by atoms with van der Waals surface area (Å²) in [4.78, 5) is 10.8. The van der Waals surface area contributed by atoms with E-state index >= 15 is 0 Å². The smallest absolute Gasteiger partial charge is 0.302 e. The lowest BCUT2D eigenvalue weighted by Crippen LogP contribution is -2.03. The lowest BCUT2D eigenvalue weighted by atomic mass is 10.1. The van der Waals surface area contributed by atoms with Gasteiger partial charge >= 0.3 is 5.97 Å². The average Bonchev–Trinajstić information content (AvgIpc) is 2.29. The molecule has 0 spiro atoms. The fourth-order valence-electron chi connectivity index (χ4n) is 1.50. The van der Waals surface area contributed by atoms with Crippen LogP contribution in [0.25, 0.3) is 6.08 Å². The molecule has 0 bridgehead atoms. The first-order valence-electron chi connectivity index (χ1n) is 5.70. The SMILES string of the molecule is CCC/C(=C\c1ccc(Cl)cc1)COC(C)=O. The number of halogens is 1. The van der Waals surface area contributed by atoms with Gasteiger partial charge in [-0.05, 0) is 29.7 Å². The number of hydrogen-bond acceptors (Lipinski definition) is 2. The maximum absolute atomic E-state index is 10.8. The van der Waals surface area contributed by atoms with Gasteiger partial charge in [0.05, 0.1) is 0 Å². The Labute approximate surface area is 107 Å². The molecule has 17 heavy (non-hydrogen) atoms. The fourth-order valence-corrected chi connectivity index (χ4v) is 1.62. The van der Waals surface area contributed by atoms with E-state index in [1.54, 1.807) is 0 Å². The van der Waals surface area contributed by atoms with E-state index in [4.69, 9.17) is 16.3 Å². The summed E-state index contributed by atoms with van der Waals surface area (Å²) in [5, 5.41) is 0.721. The minimum absolute atomic E-state index is 0.247. The van der Waals surface area contributed by atoms with Crippen molar-refractivity contribution in [3.05, 3.63) is 40.4 Å². The van der Waals surface area contributed by atoms with Crippen LogP contribution in [-0.2, 0) is 9.53 Å². The highest BCUT2D eigenvalue weighted by Crippen LogP contribution is 2.15. The molecule has 0 aliphatic rings. The molecule has 0 radical (unpaired) electrons. The van der Waals surface area contributed by atoms with Gasteiger partial charge in [0.15, 0.2) is 0 Å². The molecule has 0 saturated heterocycles. The van der Waals surface area contributed by atoms with E-state index in [2.05, 4.69) is 6.92 Å². The van der Waals surface area contributed by atoms with Gasteiger partial charge in [-0.3, -0.25) is 4.79 Å². The quantitative estimate of drug-likeness (QED) is 0.738. The zero-order valence-corrected chi connectivity index (χ0v) is 11.0. The second kappa shape index (κ2) is 7.13. The number of esters is 1. The monoisotopic (exact) mass is 252 g/mol. The van der Waals surface area contributed by atoms with Crippen LogP contribution in [0, 0.1) is 0 Å². The van der Waals surface area contributed by atoms with Crippen molar-refractivity contribution >= 4 is 23.6 Å². The molecular weight excluding hydrogens is 236 g/mol. The van der Waals surface area contributed by atoms with Crippen LogP contribution >= 0.6 is 11.6 Å².